The number of methoxy groups -OCH3 is 1. The van der Waals surface area contributed by atoms with Gasteiger partial charge in [0.05, 0.1) is 12.8 Å². The third-order valence-electron chi connectivity index (χ3n) is 5.57. The quantitative estimate of drug-likeness (QED) is 0.280. The van der Waals surface area contributed by atoms with Gasteiger partial charge in [0, 0.05) is 16.6 Å². The number of nitrogens with zero attached hydrogens (tertiary/aromatic N) is 1. The molecule has 0 saturated carbocycles. The SMILES string of the molecule is COc1cc(C=Cc2nc(-c3ccc(F)cc3)cs2)ccc1OCC(=O)Nc1c(C)cc(C)cc1C. The maximum atomic E-state index is 13.2. The van der Waals surface area contributed by atoms with Gasteiger partial charge in [-0.25, -0.2) is 9.37 Å². The summed E-state index contributed by atoms with van der Waals surface area (Å²) in [6.07, 6.45) is 3.84. The maximum Gasteiger partial charge on any atom is 0.262 e. The monoisotopic (exact) mass is 502 g/mol. The average molecular weight is 503 g/mol. The number of nitrogens with one attached hydrogen (secondary N) is 1. The van der Waals surface area contributed by atoms with E-state index in [0.29, 0.717) is 11.5 Å². The number of carbonyl (C=O) groups is 1. The number of amides is 1. The van der Waals surface area contributed by atoms with Gasteiger partial charge in [-0.05, 0) is 79.9 Å². The Morgan fingerprint density at radius 1 is 1.00 bits per heavy atom. The van der Waals surface area contributed by atoms with Crippen molar-refractivity contribution in [1.29, 1.82) is 0 Å². The van der Waals surface area contributed by atoms with Gasteiger partial charge in [-0.1, -0.05) is 29.8 Å². The van der Waals surface area contributed by atoms with Crippen LogP contribution in [0.5, 0.6) is 11.5 Å². The summed E-state index contributed by atoms with van der Waals surface area (Å²) in [4.78, 5) is 17.1. The van der Waals surface area contributed by atoms with Crippen LogP contribution in [0.1, 0.15) is 27.3 Å². The van der Waals surface area contributed by atoms with Crippen molar-refractivity contribution in [3.63, 3.8) is 0 Å². The van der Waals surface area contributed by atoms with Crippen molar-refractivity contribution in [3.05, 3.63) is 93.1 Å². The third kappa shape index (κ3) is 6.17. The lowest BCUT2D eigenvalue weighted by Crippen LogP contribution is -2.21. The first kappa shape index (κ1) is 25.1. The number of hydrogen-bond acceptors (Lipinski definition) is 5. The van der Waals surface area contributed by atoms with Crippen molar-refractivity contribution in [2.24, 2.45) is 0 Å². The molecular formula is C29H27FN2O3S. The highest BCUT2D eigenvalue weighted by atomic mass is 32.1. The summed E-state index contributed by atoms with van der Waals surface area (Å²) in [5.74, 6) is 0.498. The third-order valence-corrected chi connectivity index (χ3v) is 6.38. The lowest BCUT2D eigenvalue weighted by molar-refractivity contribution is -0.118. The second-order valence-corrected chi connectivity index (χ2v) is 9.32. The number of aromatic nitrogens is 1. The van der Waals surface area contributed by atoms with E-state index in [-0.39, 0.29) is 18.3 Å². The van der Waals surface area contributed by atoms with Crippen LogP contribution in [0.4, 0.5) is 10.1 Å². The van der Waals surface area contributed by atoms with E-state index in [1.54, 1.807) is 25.3 Å². The second kappa shape index (κ2) is 11.2. The first-order chi connectivity index (χ1) is 17.3. The van der Waals surface area contributed by atoms with Gasteiger partial charge in [0.2, 0.25) is 0 Å². The number of halogens is 1. The van der Waals surface area contributed by atoms with Crippen LogP contribution >= 0.6 is 11.3 Å². The molecule has 0 bridgehead atoms. The van der Waals surface area contributed by atoms with E-state index in [9.17, 15) is 9.18 Å². The molecule has 1 aromatic heterocycles. The topological polar surface area (TPSA) is 60.5 Å². The Hall–Kier alpha value is -3.97. The number of rotatable bonds is 8. The maximum absolute atomic E-state index is 13.2. The molecule has 4 rings (SSSR count). The van der Waals surface area contributed by atoms with E-state index in [4.69, 9.17) is 9.47 Å². The van der Waals surface area contributed by atoms with Crippen molar-refractivity contribution >= 4 is 35.1 Å². The highest BCUT2D eigenvalue weighted by molar-refractivity contribution is 7.10. The van der Waals surface area contributed by atoms with Crippen LogP contribution in [0.3, 0.4) is 0 Å². The molecule has 1 N–H and O–H groups in total. The number of anilines is 1. The van der Waals surface area contributed by atoms with Gasteiger partial charge in [0.1, 0.15) is 10.8 Å². The van der Waals surface area contributed by atoms with Crippen LogP contribution in [0.15, 0.2) is 60.0 Å². The zero-order chi connectivity index (χ0) is 25.7. The molecule has 0 atom stereocenters. The number of carbonyl (C=O) groups excluding carboxylic acids is 1. The summed E-state index contributed by atoms with van der Waals surface area (Å²) in [6.45, 7) is 5.84. The Morgan fingerprint density at radius 2 is 1.72 bits per heavy atom. The summed E-state index contributed by atoms with van der Waals surface area (Å²) in [6, 6.07) is 15.8. The fourth-order valence-corrected chi connectivity index (χ4v) is 4.61. The number of thiazole rings is 1. The first-order valence-electron chi connectivity index (χ1n) is 11.4. The van der Waals surface area contributed by atoms with Gasteiger partial charge in [0.25, 0.3) is 5.91 Å². The Kier molecular flexibility index (Phi) is 7.80. The average Bonchev–Trinajstić information content (AvgIpc) is 3.33. The van der Waals surface area contributed by atoms with Crippen LogP contribution < -0.4 is 14.8 Å². The predicted octanol–water partition coefficient (Wildman–Crippen LogP) is 7.07. The Labute approximate surface area is 214 Å². The van der Waals surface area contributed by atoms with Crippen molar-refractivity contribution in [2.75, 3.05) is 19.0 Å². The fourth-order valence-electron chi connectivity index (χ4n) is 3.89. The molecule has 0 aliphatic carbocycles. The molecule has 0 aliphatic rings. The Bertz CT molecular complexity index is 1390. The van der Waals surface area contributed by atoms with Crippen molar-refractivity contribution in [2.45, 2.75) is 20.8 Å². The molecule has 4 aromatic rings. The minimum atomic E-state index is -0.271. The minimum Gasteiger partial charge on any atom is -0.493 e. The summed E-state index contributed by atoms with van der Waals surface area (Å²) in [5, 5.41) is 5.70. The van der Waals surface area contributed by atoms with E-state index in [1.807, 2.05) is 62.6 Å². The van der Waals surface area contributed by atoms with Gasteiger partial charge >= 0.3 is 0 Å². The zero-order valence-electron chi connectivity index (χ0n) is 20.6. The Morgan fingerprint density at radius 3 is 2.42 bits per heavy atom. The predicted molar refractivity (Wildman–Crippen MR) is 144 cm³/mol. The van der Waals surface area contributed by atoms with Gasteiger partial charge < -0.3 is 14.8 Å². The van der Waals surface area contributed by atoms with E-state index >= 15 is 0 Å². The summed E-state index contributed by atoms with van der Waals surface area (Å²) < 4.78 is 24.4. The molecule has 3 aromatic carbocycles. The van der Waals surface area contributed by atoms with Crippen LogP contribution in [0.2, 0.25) is 0 Å². The van der Waals surface area contributed by atoms with Gasteiger partial charge in [0.15, 0.2) is 18.1 Å². The van der Waals surface area contributed by atoms with Crippen LogP contribution in [-0.2, 0) is 4.79 Å². The molecule has 5 nitrogen and oxygen atoms in total. The molecule has 184 valence electrons. The van der Waals surface area contributed by atoms with Crippen molar-refractivity contribution in [1.82, 2.24) is 4.98 Å². The van der Waals surface area contributed by atoms with E-state index in [0.717, 1.165) is 44.2 Å². The van der Waals surface area contributed by atoms with Gasteiger partial charge in [-0.3, -0.25) is 4.79 Å². The minimum absolute atomic E-state index is 0.135. The van der Waals surface area contributed by atoms with E-state index < -0.39 is 0 Å². The Balaban J connectivity index is 1.39. The summed E-state index contributed by atoms with van der Waals surface area (Å²) in [7, 11) is 1.56. The lowest BCUT2D eigenvalue weighted by atomic mass is 10.1. The van der Waals surface area contributed by atoms with Gasteiger partial charge in [-0.15, -0.1) is 11.3 Å². The number of hydrogen-bond donors (Lipinski definition) is 1. The van der Waals surface area contributed by atoms with E-state index in [1.165, 1.54) is 23.5 Å². The normalized spacial score (nSPS) is 11.0. The molecule has 0 saturated heterocycles. The fraction of sp³-hybridized carbons (Fsp3) is 0.172. The lowest BCUT2D eigenvalue weighted by Gasteiger charge is -2.14. The summed E-state index contributed by atoms with van der Waals surface area (Å²) >= 11 is 1.50. The smallest absolute Gasteiger partial charge is 0.262 e. The summed E-state index contributed by atoms with van der Waals surface area (Å²) in [5.41, 5.74) is 6.56. The molecule has 0 radical (unpaired) electrons. The highest BCUT2D eigenvalue weighted by Gasteiger charge is 2.11. The van der Waals surface area contributed by atoms with Gasteiger partial charge in [-0.2, -0.15) is 0 Å². The number of benzene rings is 3. The second-order valence-electron chi connectivity index (χ2n) is 8.43. The van der Waals surface area contributed by atoms with Crippen LogP contribution in [0, 0.1) is 26.6 Å². The van der Waals surface area contributed by atoms with Crippen LogP contribution in [-0.4, -0.2) is 24.6 Å². The number of aryl methyl sites for hydroxylation is 3. The molecular weight excluding hydrogens is 475 g/mol. The largest absolute Gasteiger partial charge is 0.493 e. The molecule has 7 heteroatoms. The molecule has 1 heterocycles. The first-order valence-corrected chi connectivity index (χ1v) is 12.3. The van der Waals surface area contributed by atoms with Crippen molar-refractivity contribution in [3.8, 4) is 22.8 Å². The number of ether oxygens (including phenoxy) is 2. The van der Waals surface area contributed by atoms with Crippen molar-refractivity contribution < 1.29 is 18.7 Å². The van der Waals surface area contributed by atoms with Crippen LogP contribution in [0.25, 0.3) is 23.4 Å². The molecule has 0 spiro atoms. The standard InChI is InChI=1S/C29H27FN2O3S/c1-18-13-19(2)29(20(3)14-18)32-27(33)16-35-25-11-5-21(15-26(25)34-4)6-12-28-31-24(17-36-28)22-7-9-23(30)10-8-22/h5-15,17H,16H2,1-4H3,(H,32,33). The molecule has 1 amide bonds. The zero-order valence-corrected chi connectivity index (χ0v) is 21.4. The highest BCUT2D eigenvalue weighted by Crippen LogP contribution is 2.30. The molecule has 0 unspecified atom stereocenters. The van der Waals surface area contributed by atoms with E-state index in [2.05, 4.69) is 10.3 Å². The molecule has 0 fully saturated rings. The molecule has 0 aliphatic heterocycles. The molecule has 36 heavy (non-hydrogen) atoms.